The van der Waals surface area contributed by atoms with Crippen LogP contribution in [-0.2, 0) is 17.9 Å². The number of thioether (sulfide) groups is 1. The topological polar surface area (TPSA) is 81.8 Å². The molecule has 3 aromatic rings. The number of amides is 1. The van der Waals surface area contributed by atoms with Gasteiger partial charge in [0.1, 0.15) is 5.52 Å². The van der Waals surface area contributed by atoms with E-state index in [0.29, 0.717) is 40.0 Å². The van der Waals surface area contributed by atoms with Crippen LogP contribution >= 0.6 is 23.4 Å². The Hall–Kier alpha value is -2.32. The Kier molecular flexibility index (Phi) is 7.20. The molecule has 7 nitrogen and oxygen atoms in total. The minimum atomic E-state index is -0.165. The molecule has 9 heteroatoms. The van der Waals surface area contributed by atoms with Gasteiger partial charge in [-0.1, -0.05) is 42.4 Å². The van der Waals surface area contributed by atoms with Gasteiger partial charge in [-0.3, -0.25) is 18.8 Å². The molecule has 3 rings (SSSR count). The Balaban J connectivity index is 2.02. The van der Waals surface area contributed by atoms with Crippen molar-refractivity contribution < 1.29 is 4.79 Å². The summed E-state index contributed by atoms with van der Waals surface area (Å²) in [4.78, 5) is 30.4. The van der Waals surface area contributed by atoms with Crippen molar-refractivity contribution in [2.45, 2.75) is 58.4 Å². The highest BCUT2D eigenvalue weighted by Crippen LogP contribution is 2.21. The third kappa shape index (κ3) is 4.87. The Morgan fingerprint density at radius 2 is 1.97 bits per heavy atom. The van der Waals surface area contributed by atoms with E-state index < -0.39 is 0 Å². The molecular formula is C21H26ClN5O2S. The average Bonchev–Trinajstić information content (AvgIpc) is 3.05. The van der Waals surface area contributed by atoms with E-state index in [1.54, 1.807) is 21.4 Å². The van der Waals surface area contributed by atoms with Gasteiger partial charge < -0.3 is 5.32 Å². The molecule has 1 amide bonds. The molecule has 0 radical (unpaired) electrons. The van der Waals surface area contributed by atoms with Crippen LogP contribution in [0.25, 0.3) is 11.0 Å². The summed E-state index contributed by atoms with van der Waals surface area (Å²) in [6.45, 7) is 8.68. The molecule has 0 saturated heterocycles. The molecule has 0 aliphatic rings. The van der Waals surface area contributed by atoms with E-state index in [1.165, 1.54) is 11.8 Å². The summed E-state index contributed by atoms with van der Waals surface area (Å²) >= 11 is 7.26. The number of hydrogen-bond acceptors (Lipinski definition) is 5. The lowest BCUT2D eigenvalue weighted by atomic mass is 10.2. The third-order valence-electron chi connectivity index (χ3n) is 4.89. The number of nitrogens with zero attached hydrogens (tertiary/aromatic N) is 4. The maximum atomic E-state index is 13.4. The molecule has 2 aromatic heterocycles. The number of fused-ring (bicyclic) bond motifs is 1. The molecule has 0 aliphatic heterocycles. The quantitative estimate of drug-likeness (QED) is 0.421. The number of rotatable bonds is 8. The van der Waals surface area contributed by atoms with Crippen LogP contribution in [-0.4, -0.2) is 37.0 Å². The lowest BCUT2D eigenvalue weighted by Crippen LogP contribution is -2.33. The molecule has 30 heavy (non-hydrogen) atoms. The lowest BCUT2D eigenvalue weighted by molar-refractivity contribution is -0.119. The van der Waals surface area contributed by atoms with E-state index in [-0.39, 0.29) is 23.3 Å². The van der Waals surface area contributed by atoms with Crippen LogP contribution in [0.3, 0.4) is 0 Å². The maximum Gasteiger partial charge on any atom is 0.280 e. The van der Waals surface area contributed by atoms with Gasteiger partial charge in [-0.25, -0.2) is 4.98 Å². The van der Waals surface area contributed by atoms with Crippen molar-refractivity contribution in [3.63, 3.8) is 0 Å². The number of benzene rings is 1. The fourth-order valence-corrected chi connectivity index (χ4v) is 4.02. The van der Waals surface area contributed by atoms with E-state index in [1.807, 2.05) is 39.8 Å². The van der Waals surface area contributed by atoms with Gasteiger partial charge in [0, 0.05) is 17.6 Å². The van der Waals surface area contributed by atoms with Gasteiger partial charge in [0.05, 0.1) is 18.0 Å². The molecule has 0 unspecified atom stereocenters. The second kappa shape index (κ2) is 9.66. The first kappa shape index (κ1) is 22.4. The first-order chi connectivity index (χ1) is 14.3. The van der Waals surface area contributed by atoms with E-state index in [0.717, 1.165) is 12.0 Å². The molecule has 1 atom stereocenters. The van der Waals surface area contributed by atoms with Crippen molar-refractivity contribution >= 4 is 40.3 Å². The zero-order chi connectivity index (χ0) is 21.8. The molecule has 0 fully saturated rings. The number of carbonyl (C=O) groups is 1. The molecule has 0 saturated carbocycles. The Bertz CT molecular complexity index is 1110. The predicted octanol–water partition coefficient (Wildman–Crippen LogP) is 3.63. The van der Waals surface area contributed by atoms with Crippen LogP contribution in [0, 0.1) is 6.92 Å². The number of nitrogens with one attached hydrogen (secondary N) is 1. The summed E-state index contributed by atoms with van der Waals surface area (Å²) in [6.07, 6.45) is 0.858. The van der Waals surface area contributed by atoms with E-state index in [9.17, 15) is 9.59 Å². The Morgan fingerprint density at radius 1 is 1.27 bits per heavy atom. The van der Waals surface area contributed by atoms with Gasteiger partial charge in [-0.2, -0.15) is 5.10 Å². The first-order valence-corrected chi connectivity index (χ1v) is 11.3. The summed E-state index contributed by atoms with van der Waals surface area (Å²) < 4.78 is 3.29. The summed E-state index contributed by atoms with van der Waals surface area (Å²) in [7, 11) is 0. The fourth-order valence-electron chi connectivity index (χ4n) is 3.09. The van der Waals surface area contributed by atoms with Crippen molar-refractivity contribution in [1.82, 2.24) is 24.6 Å². The molecule has 1 N–H and O–H groups in total. The van der Waals surface area contributed by atoms with Crippen molar-refractivity contribution in [2.75, 3.05) is 5.75 Å². The number of carbonyl (C=O) groups excluding carboxylic acids is 1. The maximum absolute atomic E-state index is 13.4. The molecule has 0 aliphatic carbocycles. The Labute approximate surface area is 184 Å². The van der Waals surface area contributed by atoms with Crippen LogP contribution in [0.1, 0.15) is 38.4 Å². The molecular weight excluding hydrogens is 422 g/mol. The second-order valence-corrected chi connectivity index (χ2v) is 8.55. The van der Waals surface area contributed by atoms with E-state index in [4.69, 9.17) is 16.6 Å². The van der Waals surface area contributed by atoms with Gasteiger partial charge >= 0.3 is 0 Å². The van der Waals surface area contributed by atoms with Crippen LogP contribution in [0.5, 0.6) is 0 Å². The van der Waals surface area contributed by atoms with E-state index in [2.05, 4.69) is 10.4 Å². The zero-order valence-corrected chi connectivity index (χ0v) is 19.2. The highest BCUT2D eigenvalue weighted by molar-refractivity contribution is 7.99. The fraction of sp³-hybridized carbons (Fsp3) is 0.429. The second-order valence-electron chi connectivity index (χ2n) is 7.18. The van der Waals surface area contributed by atoms with Gasteiger partial charge in [0.15, 0.2) is 10.7 Å². The van der Waals surface area contributed by atoms with Gasteiger partial charge in [0.2, 0.25) is 5.91 Å². The summed E-state index contributed by atoms with van der Waals surface area (Å²) in [6, 6.07) is 7.45. The van der Waals surface area contributed by atoms with Crippen molar-refractivity contribution in [3.8, 4) is 0 Å². The van der Waals surface area contributed by atoms with Crippen LogP contribution in [0.4, 0.5) is 0 Å². The molecule has 0 spiro atoms. The third-order valence-corrected chi connectivity index (χ3v) is 6.12. The summed E-state index contributed by atoms with van der Waals surface area (Å²) in [5.41, 5.74) is 2.53. The number of aryl methyl sites for hydroxylation is 2. The zero-order valence-electron chi connectivity index (χ0n) is 17.6. The summed E-state index contributed by atoms with van der Waals surface area (Å²) in [5, 5.41) is 8.53. The number of halogens is 1. The minimum absolute atomic E-state index is 0.0808. The van der Waals surface area contributed by atoms with Gasteiger partial charge in [0.25, 0.3) is 5.56 Å². The smallest absolute Gasteiger partial charge is 0.280 e. The van der Waals surface area contributed by atoms with Crippen LogP contribution in [0.15, 0.2) is 34.2 Å². The first-order valence-electron chi connectivity index (χ1n) is 9.98. The normalized spacial score (nSPS) is 12.3. The summed E-state index contributed by atoms with van der Waals surface area (Å²) in [5.74, 6) is 0.104. The minimum Gasteiger partial charge on any atom is -0.353 e. The van der Waals surface area contributed by atoms with Crippen LogP contribution < -0.4 is 10.9 Å². The highest BCUT2D eigenvalue weighted by Gasteiger charge is 2.19. The number of hydrogen-bond donors (Lipinski definition) is 1. The van der Waals surface area contributed by atoms with Crippen molar-refractivity contribution in [1.29, 1.82) is 0 Å². The average molecular weight is 448 g/mol. The molecule has 2 heterocycles. The monoisotopic (exact) mass is 447 g/mol. The Morgan fingerprint density at radius 3 is 2.60 bits per heavy atom. The van der Waals surface area contributed by atoms with Crippen LogP contribution in [0.2, 0.25) is 5.02 Å². The molecule has 1 aromatic carbocycles. The highest BCUT2D eigenvalue weighted by atomic mass is 35.5. The van der Waals surface area contributed by atoms with Gasteiger partial charge in [-0.05, 0) is 44.9 Å². The lowest BCUT2D eigenvalue weighted by Gasteiger charge is -2.14. The van der Waals surface area contributed by atoms with Crippen molar-refractivity contribution in [2.24, 2.45) is 0 Å². The van der Waals surface area contributed by atoms with E-state index >= 15 is 0 Å². The predicted molar refractivity (Wildman–Crippen MR) is 121 cm³/mol. The largest absolute Gasteiger partial charge is 0.353 e. The molecule has 160 valence electrons. The standard InChI is InChI=1S/C21H26ClN5O2S/c1-5-13(3)23-17(28)12-30-21-24-18-14(4)25-27(6-2)19(18)20(29)26(21)11-15-7-9-16(22)10-8-15/h7-10,13H,5-6,11-12H2,1-4H3,(H,23,28)/t13-/m1/s1. The SMILES string of the molecule is CC[C@@H](C)NC(=O)CSc1nc2c(C)nn(CC)c2c(=O)n1Cc1ccc(Cl)cc1. The van der Waals surface area contributed by atoms with Gasteiger partial charge in [-0.15, -0.1) is 0 Å². The van der Waals surface area contributed by atoms with Crippen molar-refractivity contribution in [3.05, 3.63) is 50.9 Å². The number of aromatic nitrogens is 4. The molecule has 0 bridgehead atoms.